The van der Waals surface area contributed by atoms with Crippen molar-refractivity contribution in [2.45, 2.75) is 19.8 Å². The van der Waals surface area contributed by atoms with E-state index >= 15 is 0 Å². The molecule has 4 aromatic heterocycles. The highest BCUT2D eigenvalue weighted by Crippen LogP contribution is 2.18. The molecular formula is C17H18N4. The number of hydrogen-bond acceptors (Lipinski definition) is 2. The van der Waals surface area contributed by atoms with E-state index in [2.05, 4.69) is 39.8 Å². The van der Waals surface area contributed by atoms with Gasteiger partial charge in [-0.15, -0.1) is 0 Å². The lowest BCUT2D eigenvalue weighted by Gasteiger charge is -1.97. The maximum absolute atomic E-state index is 4.25. The minimum atomic E-state index is 0.541. The molecule has 0 aliphatic rings. The summed E-state index contributed by atoms with van der Waals surface area (Å²) in [6.45, 7) is 4.34. The van der Waals surface area contributed by atoms with Gasteiger partial charge >= 0.3 is 0 Å². The summed E-state index contributed by atoms with van der Waals surface area (Å²) < 4.78 is 0. The van der Waals surface area contributed by atoms with Crippen LogP contribution in [0, 0.1) is 0 Å². The highest BCUT2D eigenvalue weighted by molar-refractivity contribution is 5.75. The Hall–Kier alpha value is -2.62. The van der Waals surface area contributed by atoms with E-state index in [1.165, 1.54) is 5.69 Å². The smallest absolute Gasteiger partial charge is 0.0881 e. The molecule has 0 spiro atoms. The summed E-state index contributed by atoms with van der Waals surface area (Å²) in [5, 5.41) is 0. The normalized spacial score (nSPS) is 10.8. The first kappa shape index (κ1) is 13.4. The van der Waals surface area contributed by atoms with Crippen LogP contribution in [0.1, 0.15) is 25.5 Å². The average molecular weight is 278 g/mol. The summed E-state index contributed by atoms with van der Waals surface area (Å²) in [4.78, 5) is 14.8. The predicted octanol–water partition coefficient (Wildman–Crippen LogP) is 4.25. The molecule has 106 valence electrons. The van der Waals surface area contributed by atoms with Crippen LogP contribution in [0.15, 0.2) is 55.0 Å². The topological polar surface area (TPSA) is 57.4 Å². The van der Waals surface area contributed by atoms with Crippen molar-refractivity contribution in [3.05, 3.63) is 60.7 Å². The van der Waals surface area contributed by atoms with Gasteiger partial charge in [-0.05, 0) is 42.3 Å². The average Bonchev–Trinajstić information content (AvgIpc) is 3.14. The fourth-order valence-corrected chi connectivity index (χ4v) is 2.17. The number of rotatable bonds is 1. The van der Waals surface area contributed by atoms with E-state index in [1.54, 1.807) is 6.20 Å². The Morgan fingerprint density at radius 2 is 1.62 bits per heavy atom. The molecule has 0 aliphatic heterocycles. The second kappa shape index (κ2) is 5.79. The quantitative estimate of drug-likeness (QED) is 0.547. The zero-order chi connectivity index (χ0) is 14.7. The van der Waals surface area contributed by atoms with Gasteiger partial charge in [0.1, 0.15) is 0 Å². The van der Waals surface area contributed by atoms with Gasteiger partial charge in [-0.2, -0.15) is 0 Å². The van der Waals surface area contributed by atoms with Crippen LogP contribution in [0.2, 0.25) is 0 Å². The Bertz CT molecular complexity index is 779. The Balaban J connectivity index is 0.000000131. The molecule has 0 saturated heterocycles. The summed E-state index contributed by atoms with van der Waals surface area (Å²) in [6, 6.07) is 12.0. The summed E-state index contributed by atoms with van der Waals surface area (Å²) in [5.41, 5.74) is 5.56. The summed E-state index contributed by atoms with van der Waals surface area (Å²) in [6.07, 6.45) is 5.49. The van der Waals surface area contributed by atoms with E-state index in [1.807, 2.05) is 42.7 Å². The predicted molar refractivity (Wildman–Crippen MR) is 86.3 cm³/mol. The second-order valence-electron chi connectivity index (χ2n) is 5.23. The number of fused-ring (bicyclic) bond motifs is 2. The maximum atomic E-state index is 4.25. The van der Waals surface area contributed by atoms with E-state index < -0.39 is 0 Å². The van der Waals surface area contributed by atoms with E-state index in [0.717, 1.165) is 22.1 Å². The molecule has 0 amide bonds. The highest BCUT2D eigenvalue weighted by Gasteiger charge is 2.03. The lowest BCUT2D eigenvalue weighted by atomic mass is 10.1. The monoisotopic (exact) mass is 278 g/mol. The number of H-pyrrole nitrogens is 2. The van der Waals surface area contributed by atoms with Gasteiger partial charge in [-0.25, -0.2) is 0 Å². The molecule has 4 rings (SSSR count). The first-order valence-electron chi connectivity index (χ1n) is 7.06. The van der Waals surface area contributed by atoms with E-state index in [-0.39, 0.29) is 0 Å². The first-order chi connectivity index (χ1) is 10.2. The van der Waals surface area contributed by atoms with Crippen LogP contribution in [-0.2, 0) is 0 Å². The van der Waals surface area contributed by atoms with Gasteiger partial charge in [0.05, 0.1) is 22.1 Å². The number of nitrogens with zero attached hydrogens (tertiary/aromatic N) is 2. The molecule has 0 bridgehead atoms. The van der Waals surface area contributed by atoms with Crippen LogP contribution in [0.5, 0.6) is 0 Å². The largest absolute Gasteiger partial charge is 0.360 e. The molecular weight excluding hydrogens is 260 g/mol. The SMILES string of the molecule is CC(C)c1cc2ncccc2[nH]1.c1cnc2cc[nH]c2c1. The Morgan fingerprint density at radius 3 is 2.29 bits per heavy atom. The van der Waals surface area contributed by atoms with Gasteiger partial charge in [0, 0.05) is 24.3 Å². The molecule has 4 nitrogen and oxygen atoms in total. The number of hydrogen-bond donors (Lipinski definition) is 2. The third-order valence-corrected chi connectivity index (χ3v) is 3.35. The van der Waals surface area contributed by atoms with Crippen molar-refractivity contribution < 1.29 is 0 Å². The summed E-state index contributed by atoms with van der Waals surface area (Å²) >= 11 is 0. The molecule has 0 saturated carbocycles. The van der Waals surface area contributed by atoms with Crippen molar-refractivity contribution in [1.82, 2.24) is 19.9 Å². The molecule has 4 heterocycles. The standard InChI is InChI=1S/C10H12N2.C7H6N2/c1-7(2)9-6-10-8(12-9)4-3-5-11-10;1-2-6-7(8-4-1)3-5-9-6/h3-7,12H,1-2H3;1-5,9H. The van der Waals surface area contributed by atoms with Crippen LogP contribution in [0.25, 0.3) is 22.1 Å². The van der Waals surface area contributed by atoms with Gasteiger partial charge in [0.25, 0.3) is 0 Å². The number of nitrogens with one attached hydrogen (secondary N) is 2. The van der Waals surface area contributed by atoms with E-state index in [0.29, 0.717) is 5.92 Å². The number of pyridine rings is 2. The second-order valence-corrected chi connectivity index (χ2v) is 5.23. The lowest BCUT2D eigenvalue weighted by Crippen LogP contribution is -1.84. The third kappa shape index (κ3) is 2.94. The maximum Gasteiger partial charge on any atom is 0.0881 e. The molecule has 0 aliphatic carbocycles. The van der Waals surface area contributed by atoms with Crippen LogP contribution in [0.3, 0.4) is 0 Å². The first-order valence-corrected chi connectivity index (χ1v) is 7.06. The lowest BCUT2D eigenvalue weighted by molar-refractivity contribution is 0.836. The molecule has 2 N–H and O–H groups in total. The van der Waals surface area contributed by atoms with Gasteiger partial charge in [0.2, 0.25) is 0 Å². The molecule has 0 aromatic carbocycles. The van der Waals surface area contributed by atoms with Gasteiger partial charge in [-0.3, -0.25) is 9.97 Å². The molecule has 4 heteroatoms. The molecule has 0 radical (unpaired) electrons. The molecule has 0 atom stereocenters. The molecule has 0 unspecified atom stereocenters. The molecule has 21 heavy (non-hydrogen) atoms. The Morgan fingerprint density at radius 1 is 0.905 bits per heavy atom. The van der Waals surface area contributed by atoms with Gasteiger partial charge in [0.15, 0.2) is 0 Å². The minimum absolute atomic E-state index is 0.541. The third-order valence-electron chi connectivity index (χ3n) is 3.35. The summed E-state index contributed by atoms with van der Waals surface area (Å²) in [5.74, 6) is 0.541. The fourth-order valence-electron chi connectivity index (χ4n) is 2.17. The number of aromatic nitrogens is 4. The van der Waals surface area contributed by atoms with Gasteiger partial charge < -0.3 is 9.97 Å². The van der Waals surface area contributed by atoms with Crippen molar-refractivity contribution in [2.75, 3.05) is 0 Å². The van der Waals surface area contributed by atoms with Crippen molar-refractivity contribution in [1.29, 1.82) is 0 Å². The van der Waals surface area contributed by atoms with Crippen LogP contribution in [-0.4, -0.2) is 19.9 Å². The fraction of sp³-hybridized carbons (Fsp3) is 0.176. The van der Waals surface area contributed by atoms with Crippen molar-refractivity contribution in [3.63, 3.8) is 0 Å². The van der Waals surface area contributed by atoms with Crippen molar-refractivity contribution >= 4 is 22.1 Å². The van der Waals surface area contributed by atoms with Crippen molar-refractivity contribution in [2.24, 2.45) is 0 Å². The Kier molecular flexibility index (Phi) is 3.69. The van der Waals surface area contributed by atoms with Gasteiger partial charge in [-0.1, -0.05) is 13.8 Å². The highest BCUT2D eigenvalue weighted by atomic mass is 14.8. The van der Waals surface area contributed by atoms with Crippen LogP contribution in [0.4, 0.5) is 0 Å². The van der Waals surface area contributed by atoms with Crippen LogP contribution < -0.4 is 0 Å². The zero-order valence-electron chi connectivity index (χ0n) is 12.2. The molecule has 0 fully saturated rings. The van der Waals surface area contributed by atoms with Crippen LogP contribution >= 0.6 is 0 Å². The summed E-state index contributed by atoms with van der Waals surface area (Å²) in [7, 11) is 0. The van der Waals surface area contributed by atoms with E-state index in [4.69, 9.17) is 0 Å². The number of aromatic amines is 2. The van der Waals surface area contributed by atoms with Crippen molar-refractivity contribution in [3.8, 4) is 0 Å². The Labute approximate surface area is 123 Å². The minimum Gasteiger partial charge on any atom is -0.360 e. The van der Waals surface area contributed by atoms with E-state index in [9.17, 15) is 0 Å². The zero-order valence-corrected chi connectivity index (χ0v) is 12.2. The molecule has 4 aromatic rings.